The van der Waals surface area contributed by atoms with Crippen molar-refractivity contribution < 1.29 is 4.74 Å². The molecule has 3 rings (SSSR count). The number of nitrogens with one attached hydrogen (secondary N) is 1. The summed E-state index contributed by atoms with van der Waals surface area (Å²) in [6.07, 6.45) is 3.81. The number of thioether (sulfide) groups is 1. The van der Waals surface area contributed by atoms with Crippen molar-refractivity contribution in [3.05, 3.63) is 54.4 Å². The van der Waals surface area contributed by atoms with Gasteiger partial charge in [-0.1, -0.05) is 18.2 Å². The predicted octanol–water partition coefficient (Wildman–Crippen LogP) is 2.90. The minimum Gasteiger partial charge on any atom is -0.486 e. The molecule has 0 amide bonds. The number of nitrogens with zero attached hydrogens (tertiary/aromatic N) is 1. The maximum atomic E-state index is 6.13. The lowest BCUT2D eigenvalue weighted by Gasteiger charge is -2.31. The average molecular weight is 272 g/mol. The van der Waals surface area contributed by atoms with Gasteiger partial charge < -0.3 is 10.1 Å². The molecular formula is C15H16N2OS. The molecule has 2 unspecified atom stereocenters. The van der Waals surface area contributed by atoms with E-state index in [1.807, 2.05) is 49.3 Å². The lowest BCUT2D eigenvalue weighted by molar-refractivity contribution is 0.171. The van der Waals surface area contributed by atoms with Crippen LogP contribution in [0.2, 0.25) is 0 Å². The summed E-state index contributed by atoms with van der Waals surface area (Å²) in [7, 11) is 1.96. The zero-order valence-electron chi connectivity index (χ0n) is 10.7. The van der Waals surface area contributed by atoms with Crippen molar-refractivity contribution >= 4 is 11.8 Å². The third-order valence-electron chi connectivity index (χ3n) is 3.26. The number of pyridine rings is 1. The molecule has 1 aromatic heterocycles. The molecule has 3 nitrogen and oxygen atoms in total. The van der Waals surface area contributed by atoms with E-state index in [0.29, 0.717) is 0 Å². The van der Waals surface area contributed by atoms with Crippen LogP contribution in [-0.4, -0.2) is 23.9 Å². The first-order chi connectivity index (χ1) is 9.38. The van der Waals surface area contributed by atoms with Gasteiger partial charge in [0.05, 0.1) is 6.04 Å². The number of hydrogen-bond acceptors (Lipinski definition) is 4. The van der Waals surface area contributed by atoms with Crippen molar-refractivity contribution in [2.24, 2.45) is 0 Å². The molecule has 19 heavy (non-hydrogen) atoms. The fourth-order valence-corrected chi connectivity index (χ4v) is 3.36. The van der Waals surface area contributed by atoms with Gasteiger partial charge in [0.1, 0.15) is 11.9 Å². The van der Waals surface area contributed by atoms with Crippen LogP contribution in [0.4, 0.5) is 0 Å². The van der Waals surface area contributed by atoms with E-state index in [-0.39, 0.29) is 12.1 Å². The number of likely N-dealkylation sites (N-methyl/N-ethyl adjacent to an activating group) is 1. The predicted molar refractivity (Wildman–Crippen MR) is 77.6 cm³/mol. The van der Waals surface area contributed by atoms with Crippen molar-refractivity contribution in [2.45, 2.75) is 17.0 Å². The second kappa shape index (κ2) is 5.63. The minimum atomic E-state index is 0.120. The van der Waals surface area contributed by atoms with Gasteiger partial charge in [-0.25, -0.2) is 0 Å². The Labute approximate surface area is 117 Å². The van der Waals surface area contributed by atoms with E-state index in [4.69, 9.17) is 4.74 Å². The number of fused-ring (bicyclic) bond motifs is 1. The van der Waals surface area contributed by atoms with Gasteiger partial charge in [-0.15, -0.1) is 11.8 Å². The number of hydrogen-bond donors (Lipinski definition) is 1. The molecule has 0 radical (unpaired) electrons. The maximum absolute atomic E-state index is 6.13. The van der Waals surface area contributed by atoms with Crippen LogP contribution in [0, 0.1) is 0 Å². The number of aromatic nitrogens is 1. The molecule has 0 spiro atoms. The molecule has 0 saturated heterocycles. The molecule has 0 saturated carbocycles. The van der Waals surface area contributed by atoms with Crippen molar-refractivity contribution in [1.82, 2.24) is 10.3 Å². The lowest BCUT2D eigenvalue weighted by Crippen LogP contribution is -2.37. The fraction of sp³-hybridized carbons (Fsp3) is 0.267. The molecule has 1 aromatic carbocycles. The topological polar surface area (TPSA) is 34.2 Å². The number of ether oxygens (including phenoxy) is 1. The Morgan fingerprint density at radius 3 is 3.00 bits per heavy atom. The quantitative estimate of drug-likeness (QED) is 0.931. The van der Waals surface area contributed by atoms with Crippen LogP contribution in [0.25, 0.3) is 0 Å². The van der Waals surface area contributed by atoms with Crippen LogP contribution in [0.1, 0.15) is 11.6 Å². The number of rotatable bonds is 3. The summed E-state index contributed by atoms with van der Waals surface area (Å²) < 4.78 is 6.13. The highest BCUT2D eigenvalue weighted by Crippen LogP contribution is 2.38. The van der Waals surface area contributed by atoms with E-state index in [1.54, 1.807) is 6.20 Å². The Hall–Kier alpha value is -1.52. The summed E-state index contributed by atoms with van der Waals surface area (Å²) in [4.78, 5) is 5.41. The van der Waals surface area contributed by atoms with Crippen LogP contribution in [-0.2, 0) is 0 Å². The Kier molecular flexibility index (Phi) is 3.71. The third kappa shape index (κ3) is 2.60. The van der Waals surface area contributed by atoms with E-state index in [1.165, 1.54) is 4.90 Å². The van der Waals surface area contributed by atoms with Crippen LogP contribution in [0.3, 0.4) is 0 Å². The number of para-hydroxylation sites is 1. The molecule has 0 aliphatic carbocycles. The second-order valence-corrected chi connectivity index (χ2v) is 5.53. The Morgan fingerprint density at radius 1 is 1.32 bits per heavy atom. The molecule has 2 atom stereocenters. The molecule has 2 aromatic rings. The summed E-state index contributed by atoms with van der Waals surface area (Å²) in [6, 6.07) is 12.4. The Bertz CT molecular complexity index is 547. The summed E-state index contributed by atoms with van der Waals surface area (Å²) in [5, 5.41) is 3.34. The molecule has 1 aliphatic heterocycles. The van der Waals surface area contributed by atoms with Gasteiger partial charge in [-0.2, -0.15) is 0 Å². The van der Waals surface area contributed by atoms with Gasteiger partial charge in [0.25, 0.3) is 0 Å². The van der Waals surface area contributed by atoms with Gasteiger partial charge >= 0.3 is 0 Å². The average Bonchev–Trinajstić information content (AvgIpc) is 2.49. The molecule has 0 fully saturated rings. The molecule has 2 heterocycles. The van der Waals surface area contributed by atoms with E-state index in [2.05, 4.69) is 22.4 Å². The van der Waals surface area contributed by atoms with Crippen molar-refractivity contribution in [3.8, 4) is 5.75 Å². The highest BCUT2D eigenvalue weighted by molar-refractivity contribution is 7.99. The molecule has 98 valence electrons. The summed E-state index contributed by atoms with van der Waals surface area (Å²) in [6.45, 7) is 0. The van der Waals surface area contributed by atoms with Crippen molar-refractivity contribution in [2.75, 3.05) is 12.8 Å². The summed E-state index contributed by atoms with van der Waals surface area (Å²) >= 11 is 1.85. The normalized spacial score (nSPS) is 19.3. The zero-order valence-corrected chi connectivity index (χ0v) is 11.6. The monoisotopic (exact) mass is 272 g/mol. The highest BCUT2D eigenvalue weighted by atomic mass is 32.2. The molecule has 1 N–H and O–H groups in total. The van der Waals surface area contributed by atoms with Gasteiger partial charge in [0, 0.05) is 23.0 Å². The van der Waals surface area contributed by atoms with Crippen molar-refractivity contribution in [3.63, 3.8) is 0 Å². The van der Waals surface area contributed by atoms with Gasteiger partial charge in [0.2, 0.25) is 0 Å². The van der Waals surface area contributed by atoms with Gasteiger partial charge in [0.15, 0.2) is 0 Å². The fourth-order valence-electron chi connectivity index (χ4n) is 2.33. The lowest BCUT2D eigenvalue weighted by atomic mass is 10.0. The van der Waals surface area contributed by atoms with E-state index in [0.717, 1.165) is 17.1 Å². The maximum Gasteiger partial charge on any atom is 0.133 e. The standard InChI is InChI=1S/C15H16N2OS/c1-16-15(11-5-4-8-17-9-11)13-10-19-14-7-3-2-6-12(14)18-13/h2-9,13,15-16H,10H2,1H3. The zero-order chi connectivity index (χ0) is 13.1. The minimum absolute atomic E-state index is 0.120. The SMILES string of the molecule is CNC(c1cccnc1)C1CSc2ccccc2O1. The first kappa shape index (κ1) is 12.5. The molecule has 1 aliphatic rings. The van der Waals surface area contributed by atoms with E-state index < -0.39 is 0 Å². The molecule has 0 bridgehead atoms. The molecule has 4 heteroatoms. The summed E-state index contributed by atoms with van der Waals surface area (Å²) in [5.74, 6) is 1.92. The summed E-state index contributed by atoms with van der Waals surface area (Å²) in [5.41, 5.74) is 1.16. The van der Waals surface area contributed by atoms with E-state index in [9.17, 15) is 0 Å². The second-order valence-electron chi connectivity index (χ2n) is 4.47. The van der Waals surface area contributed by atoms with Gasteiger partial charge in [-0.05, 0) is 30.8 Å². The first-order valence-electron chi connectivity index (χ1n) is 6.34. The van der Waals surface area contributed by atoms with Crippen molar-refractivity contribution in [1.29, 1.82) is 0 Å². The molecular weight excluding hydrogens is 256 g/mol. The van der Waals surface area contributed by atoms with E-state index >= 15 is 0 Å². The first-order valence-corrected chi connectivity index (χ1v) is 7.32. The van der Waals surface area contributed by atoms with Crippen LogP contribution < -0.4 is 10.1 Å². The highest BCUT2D eigenvalue weighted by Gasteiger charge is 2.28. The Balaban J connectivity index is 1.83. The largest absolute Gasteiger partial charge is 0.486 e. The Morgan fingerprint density at radius 2 is 2.21 bits per heavy atom. The smallest absolute Gasteiger partial charge is 0.133 e. The van der Waals surface area contributed by atoms with Crippen LogP contribution in [0.15, 0.2) is 53.7 Å². The van der Waals surface area contributed by atoms with Gasteiger partial charge in [-0.3, -0.25) is 4.98 Å². The van der Waals surface area contributed by atoms with Crippen LogP contribution >= 0.6 is 11.8 Å². The number of benzene rings is 1. The third-order valence-corrected chi connectivity index (χ3v) is 4.40. The van der Waals surface area contributed by atoms with Crippen LogP contribution in [0.5, 0.6) is 5.75 Å².